The summed E-state index contributed by atoms with van der Waals surface area (Å²) in [5.74, 6) is 0. The SMILES string of the molecule is c1ccc(-c2c[n+](-c3ccccc3)sc2N2CCOCC2)cc1. The second kappa shape index (κ2) is 6.52. The van der Waals surface area contributed by atoms with Crippen LogP contribution in [0.5, 0.6) is 0 Å². The van der Waals surface area contributed by atoms with Crippen LogP contribution in [0, 0.1) is 0 Å². The molecule has 3 nitrogen and oxygen atoms in total. The predicted octanol–water partition coefficient (Wildman–Crippen LogP) is 3.53. The maximum Gasteiger partial charge on any atom is 0.224 e. The van der Waals surface area contributed by atoms with Crippen LogP contribution in [0.1, 0.15) is 0 Å². The van der Waals surface area contributed by atoms with Crippen molar-refractivity contribution in [2.45, 2.75) is 0 Å². The molecule has 1 saturated heterocycles. The van der Waals surface area contributed by atoms with Crippen LogP contribution >= 0.6 is 11.5 Å². The number of aromatic nitrogens is 1. The van der Waals surface area contributed by atoms with E-state index in [1.807, 2.05) is 0 Å². The van der Waals surface area contributed by atoms with Crippen molar-refractivity contribution < 1.29 is 8.69 Å². The van der Waals surface area contributed by atoms with Gasteiger partial charge < -0.3 is 9.64 Å². The average molecular weight is 323 g/mol. The molecule has 0 unspecified atom stereocenters. The van der Waals surface area contributed by atoms with Gasteiger partial charge in [0.1, 0.15) is 0 Å². The van der Waals surface area contributed by atoms with Crippen LogP contribution < -0.4 is 8.86 Å². The first kappa shape index (κ1) is 14.4. The molecule has 0 spiro atoms. The number of morpholine rings is 1. The van der Waals surface area contributed by atoms with E-state index in [2.05, 4.69) is 75.7 Å². The Bertz CT molecular complexity index is 765. The molecule has 116 valence electrons. The van der Waals surface area contributed by atoms with Gasteiger partial charge in [-0.15, -0.1) is 0 Å². The second-order valence-electron chi connectivity index (χ2n) is 5.57. The molecule has 3 aromatic rings. The van der Waals surface area contributed by atoms with Crippen molar-refractivity contribution in [2.75, 3.05) is 31.2 Å². The number of nitrogens with zero attached hydrogens (tertiary/aromatic N) is 2. The van der Waals surface area contributed by atoms with Crippen molar-refractivity contribution in [3.8, 4) is 16.8 Å². The first-order chi connectivity index (χ1) is 11.4. The number of ether oxygens (including phenoxy) is 1. The standard InChI is InChI=1S/C19H19N2OS/c1-3-7-16(8-4-1)18-15-21(17-9-5-2-6-10-17)23-19(18)20-11-13-22-14-12-20/h1-10,15H,11-14H2/q+1. The van der Waals surface area contributed by atoms with Crippen LogP contribution in [0.3, 0.4) is 0 Å². The van der Waals surface area contributed by atoms with Gasteiger partial charge in [0.2, 0.25) is 11.9 Å². The third kappa shape index (κ3) is 3.00. The van der Waals surface area contributed by atoms with Gasteiger partial charge in [-0.2, -0.15) is 0 Å². The molecular formula is C19H19N2OS+. The highest BCUT2D eigenvalue weighted by Gasteiger charge is 2.25. The molecule has 4 rings (SSSR count). The van der Waals surface area contributed by atoms with Gasteiger partial charge in [-0.1, -0.05) is 52.5 Å². The Morgan fingerprint density at radius 3 is 2.22 bits per heavy atom. The van der Waals surface area contributed by atoms with Crippen LogP contribution in [0.4, 0.5) is 5.00 Å². The highest BCUT2D eigenvalue weighted by atomic mass is 32.1. The summed E-state index contributed by atoms with van der Waals surface area (Å²) < 4.78 is 7.77. The molecule has 23 heavy (non-hydrogen) atoms. The molecule has 4 heteroatoms. The molecule has 0 saturated carbocycles. The molecule has 0 N–H and O–H groups in total. The summed E-state index contributed by atoms with van der Waals surface area (Å²) in [5, 5.41) is 1.32. The largest absolute Gasteiger partial charge is 0.378 e. The first-order valence-corrected chi connectivity index (χ1v) is 8.69. The molecule has 0 bridgehead atoms. The molecule has 0 aliphatic carbocycles. The van der Waals surface area contributed by atoms with Crippen molar-refractivity contribution in [3.63, 3.8) is 0 Å². The molecule has 1 aromatic heterocycles. The zero-order valence-corrected chi connectivity index (χ0v) is 13.7. The molecular weight excluding hydrogens is 304 g/mol. The lowest BCUT2D eigenvalue weighted by Crippen LogP contribution is -2.36. The fraction of sp³-hybridized carbons (Fsp3) is 0.211. The maximum atomic E-state index is 5.51. The quantitative estimate of drug-likeness (QED) is 0.686. The minimum atomic E-state index is 0.803. The third-order valence-electron chi connectivity index (χ3n) is 4.06. The minimum Gasteiger partial charge on any atom is -0.378 e. The number of para-hydroxylation sites is 1. The Morgan fingerprint density at radius 2 is 1.52 bits per heavy atom. The van der Waals surface area contributed by atoms with E-state index in [1.54, 1.807) is 11.5 Å². The molecule has 0 amide bonds. The summed E-state index contributed by atoms with van der Waals surface area (Å²) in [6.07, 6.45) is 2.25. The van der Waals surface area contributed by atoms with Crippen LogP contribution in [-0.4, -0.2) is 26.3 Å². The maximum absolute atomic E-state index is 5.51. The number of hydrogen-bond acceptors (Lipinski definition) is 3. The van der Waals surface area contributed by atoms with Gasteiger partial charge in [-0.05, 0) is 5.56 Å². The molecule has 0 atom stereocenters. The van der Waals surface area contributed by atoms with E-state index in [4.69, 9.17) is 4.74 Å². The van der Waals surface area contributed by atoms with E-state index < -0.39 is 0 Å². The lowest BCUT2D eigenvalue weighted by molar-refractivity contribution is -0.519. The topological polar surface area (TPSA) is 16.4 Å². The van der Waals surface area contributed by atoms with E-state index in [0.29, 0.717) is 0 Å². The number of anilines is 1. The van der Waals surface area contributed by atoms with Crippen LogP contribution in [0.15, 0.2) is 66.9 Å². The zero-order valence-electron chi connectivity index (χ0n) is 12.9. The summed E-state index contributed by atoms with van der Waals surface area (Å²) in [7, 11) is 0. The number of benzene rings is 2. The van der Waals surface area contributed by atoms with Crippen LogP contribution in [-0.2, 0) is 4.74 Å². The summed E-state index contributed by atoms with van der Waals surface area (Å²) in [6.45, 7) is 3.51. The molecule has 2 aromatic carbocycles. The smallest absolute Gasteiger partial charge is 0.224 e. The number of rotatable bonds is 3. The lowest BCUT2D eigenvalue weighted by atomic mass is 10.1. The van der Waals surface area contributed by atoms with E-state index in [9.17, 15) is 0 Å². The Kier molecular flexibility index (Phi) is 4.09. The Labute approximate surface area is 140 Å². The minimum absolute atomic E-state index is 0.803. The summed E-state index contributed by atoms with van der Waals surface area (Å²) in [4.78, 5) is 2.44. The van der Waals surface area contributed by atoms with Gasteiger partial charge in [0.15, 0.2) is 16.5 Å². The van der Waals surface area contributed by atoms with E-state index in [-0.39, 0.29) is 0 Å². The van der Waals surface area contributed by atoms with E-state index in [0.717, 1.165) is 26.3 Å². The van der Waals surface area contributed by atoms with Gasteiger partial charge in [0.25, 0.3) is 0 Å². The highest BCUT2D eigenvalue weighted by molar-refractivity contribution is 7.07. The molecule has 1 aliphatic heterocycles. The van der Waals surface area contributed by atoms with Gasteiger partial charge in [-0.25, -0.2) is 0 Å². The monoisotopic (exact) mass is 323 g/mol. The van der Waals surface area contributed by atoms with Crippen LogP contribution in [0.2, 0.25) is 0 Å². The van der Waals surface area contributed by atoms with Gasteiger partial charge in [-0.3, -0.25) is 0 Å². The molecule has 1 aliphatic rings. The Morgan fingerprint density at radius 1 is 0.870 bits per heavy atom. The van der Waals surface area contributed by atoms with Gasteiger partial charge in [0.05, 0.1) is 18.8 Å². The summed E-state index contributed by atoms with van der Waals surface area (Å²) >= 11 is 1.80. The first-order valence-electron chi connectivity index (χ1n) is 7.91. The van der Waals surface area contributed by atoms with Crippen molar-refractivity contribution in [3.05, 3.63) is 66.9 Å². The van der Waals surface area contributed by atoms with Crippen molar-refractivity contribution >= 4 is 16.5 Å². The highest BCUT2D eigenvalue weighted by Crippen LogP contribution is 2.34. The Hall–Kier alpha value is -2.17. The van der Waals surface area contributed by atoms with Crippen molar-refractivity contribution in [1.82, 2.24) is 0 Å². The summed E-state index contributed by atoms with van der Waals surface area (Å²) in [6, 6.07) is 21.1. The van der Waals surface area contributed by atoms with Gasteiger partial charge in [0, 0.05) is 25.2 Å². The van der Waals surface area contributed by atoms with E-state index in [1.165, 1.54) is 21.8 Å². The third-order valence-corrected chi connectivity index (χ3v) is 5.22. The fourth-order valence-corrected chi connectivity index (χ4v) is 3.99. The van der Waals surface area contributed by atoms with Gasteiger partial charge >= 0.3 is 0 Å². The van der Waals surface area contributed by atoms with E-state index >= 15 is 0 Å². The zero-order chi connectivity index (χ0) is 15.5. The average Bonchev–Trinajstić information content (AvgIpc) is 3.09. The molecule has 1 fully saturated rings. The van der Waals surface area contributed by atoms with Crippen LogP contribution in [0.25, 0.3) is 16.8 Å². The lowest BCUT2D eigenvalue weighted by Gasteiger charge is -2.26. The second-order valence-corrected chi connectivity index (χ2v) is 6.53. The fourth-order valence-electron chi connectivity index (χ4n) is 2.85. The summed E-state index contributed by atoms with van der Waals surface area (Å²) in [5.41, 5.74) is 3.76. The normalized spacial score (nSPS) is 14.9. The molecule has 0 radical (unpaired) electrons. The Balaban J connectivity index is 1.80. The molecule has 2 heterocycles. The van der Waals surface area contributed by atoms with Crippen molar-refractivity contribution in [1.29, 1.82) is 0 Å². The predicted molar refractivity (Wildman–Crippen MR) is 94.3 cm³/mol. The number of hydrogen-bond donors (Lipinski definition) is 0. The van der Waals surface area contributed by atoms with Crippen molar-refractivity contribution in [2.24, 2.45) is 0 Å².